The summed E-state index contributed by atoms with van der Waals surface area (Å²) in [5, 5.41) is 14.5. The molecule has 0 fully saturated rings. The molecule has 210 valence electrons. The minimum Gasteiger partial charge on any atom is -0.398 e. The fourth-order valence-corrected chi connectivity index (χ4v) is 8.12. The van der Waals surface area contributed by atoms with E-state index in [0.717, 1.165) is 17.7 Å². The number of benzene rings is 3. The summed E-state index contributed by atoms with van der Waals surface area (Å²) in [5.41, 5.74) is 5.90. The largest absolute Gasteiger partial charge is 0.398 e. The molecule has 0 aliphatic carbocycles. The van der Waals surface area contributed by atoms with Crippen molar-refractivity contribution in [3.05, 3.63) is 76.3 Å². The van der Waals surface area contributed by atoms with Crippen LogP contribution in [0.15, 0.2) is 75.4 Å². The van der Waals surface area contributed by atoms with Gasteiger partial charge in [-0.3, -0.25) is 10.1 Å². The third-order valence-corrected chi connectivity index (χ3v) is 11.3. The summed E-state index contributed by atoms with van der Waals surface area (Å²) in [5.74, 6) is 0. The van der Waals surface area contributed by atoms with Gasteiger partial charge in [0.2, 0.25) is 10.0 Å². The van der Waals surface area contributed by atoms with Crippen molar-refractivity contribution in [1.82, 2.24) is 8.43 Å². The molecule has 0 aliphatic heterocycles. The molecule has 0 atom stereocenters. The first-order valence-electron chi connectivity index (χ1n) is 11.4. The number of anilines is 3. The highest BCUT2D eigenvalue weighted by Crippen LogP contribution is 2.33. The van der Waals surface area contributed by atoms with Crippen LogP contribution in [0.2, 0.25) is 0 Å². The van der Waals surface area contributed by atoms with Crippen molar-refractivity contribution in [1.29, 1.82) is 0 Å². The van der Waals surface area contributed by atoms with Crippen molar-refractivity contribution in [2.24, 2.45) is 0 Å². The Morgan fingerprint density at radius 3 is 1.97 bits per heavy atom. The van der Waals surface area contributed by atoms with Gasteiger partial charge in [0.25, 0.3) is 25.7 Å². The van der Waals surface area contributed by atoms with Crippen LogP contribution in [0.4, 0.5) is 22.7 Å². The lowest BCUT2D eigenvalue weighted by Gasteiger charge is -2.20. The van der Waals surface area contributed by atoms with Crippen LogP contribution in [0.3, 0.4) is 0 Å². The van der Waals surface area contributed by atoms with E-state index in [1.807, 2.05) is 0 Å². The lowest BCUT2D eigenvalue weighted by Crippen LogP contribution is -2.31. The van der Waals surface area contributed by atoms with Gasteiger partial charge in [0, 0.05) is 24.8 Å². The number of nitrogens with one attached hydrogen (secondary N) is 2. The zero-order valence-corrected chi connectivity index (χ0v) is 23.6. The second-order valence-electron chi connectivity index (χ2n) is 8.31. The molecule has 0 radical (unpaired) electrons. The molecule has 39 heavy (non-hydrogen) atoms. The Bertz CT molecular complexity index is 1720. The topological polar surface area (TPSA) is 199 Å². The van der Waals surface area contributed by atoms with Crippen LogP contribution in [-0.4, -0.2) is 47.6 Å². The Hall–Kier alpha value is -3.57. The summed E-state index contributed by atoms with van der Waals surface area (Å²) < 4.78 is 79.6. The van der Waals surface area contributed by atoms with Gasteiger partial charge in [0.1, 0.15) is 10.6 Å². The Morgan fingerprint density at radius 2 is 1.41 bits per heavy atom. The molecule has 0 amide bonds. The SMILES string of the molecule is CCN(CC)S(=O)(=O)c1cc(Nc2ccc(S(=O)(=O)NS(=O)(=O)c3ccc(C)cc3)cc2[N+](=O)[O-])ccc1N. The van der Waals surface area contributed by atoms with Crippen molar-refractivity contribution in [2.45, 2.75) is 35.5 Å². The van der Waals surface area contributed by atoms with Crippen molar-refractivity contribution in [3.63, 3.8) is 0 Å². The summed E-state index contributed by atoms with van der Waals surface area (Å²) in [6.07, 6.45) is 0. The minimum atomic E-state index is -4.74. The molecular weight excluding hydrogens is 570 g/mol. The van der Waals surface area contributed by atoms with Gasteiger partial charge in [0.05, 0.1) is 20.4 Å². The molecule has 13 nitrogen and oxygen atoms in total. The van der Waals surface area contributed by atoms with Crippen LogP contribution >= 0.6 is 0 Å². The molecule has 0 aromatic heterocycles. The predicted molar refractivity (Wildman–Crippen MR) is 146 cm³/mol. The molecule has 0 bridgehead atoms. The molecule has 0 aliphatic rings. The van der Waals surface area contributed by atoms with Crippen molar-refractivity contribution >= 4 is 52.8 Å². The van der Waals surface area contributed by atoms with E-state index in [1.165, 1.54) is 46.8 Å². The fourth-order valence-electron chi connectivity index (χ4n) is 3.59. The zero-order valence-electron chi connectivity index (χ0n) is 21.2. The maximum atomic E-state index is 13.0. The maximum Gasteiger partial charge on any atom is 0.294 e. The first kappa shape index (κ1) is 30.0. The Balaban J connectivity index is 1.98. The molecule has 0 spiro atoms. The monoisotopic (exact) mass is 597 g/mol. The minimum absolute atomic E-state index is 0.0238. The third kappa shape index (κ3) is 6.54. The standard InChI is InChI=1S/C23H27N5O8S3/c1-4-27(5-2)39(35,36)23-14-17(8-12-20(23)24)25-21-13-11-19(15-22(21)28(29)30)38(33,34)26-37(31,32)18-9-6-16(3)7-10-18/h6-15,25-26H,4-5,24H2,1-3H3. The number of nitrogen functional groups attached to an aromatic ring is 1. The molecule has 3 aromatic carbocycles. The van der Waals surface area contributed by atoms with Gasteiger partial charge in [-0.1, -0.05) is 31.5 Å². The van der Waals surface area contributed by atoms with E-state index in [2.05, 4.69) is 5.32 Å². The number of nitro benzene ring substituents is 1. The van der Waals surface area contributed by atoms with Gasteiger partial charge in [-0.15, -0.1) is 4.13 Å². The maximum absolute atomic E-state index is 13.0. The lowest BCUT2D eigenvalue weighted by atomic mass is 10.2. The van der Waals surface area contributed by atoms with Gasteiger partial charge in [0.15, 0.2) is 0 Å². The Labute approximate surface area is 227 Å². The highest BCUT2D eigenvalue weighted by molar-refractivity contribution is 8.04. The summed E-state index contributed by atoms with van der Waals surface area (Å²) >= 11 is 0. The molecular formula is C23H27N5O8S3. The number of nitro groups is 1. The molecule has 0 unspecified atom stereocenters. The molecule has 0 saturated heterocycles. The Kier molecular flexibility index (Phi) is 8.66. The third-order valence-electron chi connectivity index (χ3n) is 5.64. The normalized spacial score (nSPS) is 12.4. The molecule has 3 aromatic rings. The second-order valence-corrected chi connectivity index (χ2v) is 13.8. The van der Waals surface area contributed by atoms with Crippen molar-refractivity contribution in [3.8, 4) is 0 Å². The summed E-state index contributed by atoms with van der Waals surface area (Å²) in [6.45, 7) is 5.46. The second kappa shape index (κ2) is 11.3. The lowest BCUT2D eigenvalue weighted by molar-refractivity contribution is -0.384. The van der Waals surface area contributed by atoms with Crippen LogP contribution in [0.1, 0.15) is 19.4 Å². The molecule has 0 heterocycles. The van der Waals surface area contributed by atoms with E-state index in [9.17, 15) is 35.4 Å². The zero-order chi connectivity index (χ0) is 29.2. The average molecular weight is 598 g/mol. The van der Waals surface area contributed by atoms with Crippen molar-refractivity contribution < 1.29 is 30.2 Å². The highest BCUT2D eigenvalue weighted by Gasteiger charge is 2.28. The number of aryl methyl sites for hydroxylation is 1. The van der Waals surface area contributed by atoms with E-state index in [4.69, 9.17) is 5.73 Å². The van der Waals surface area contributed by atoms with Gasteiger partial charge < -0.3 is 11.1 Å². The van der Waals surface area contributed by atoms with Gasteiger partial charge >= 0.3 is 0 Å². The summed E-state index contributed by atoms with van der Waals surface area (Å²) in [4.78, 5) is 9.75. The van der Waals surface area contributed by atoms with Crippen molar-refractivity contribution in [2.75, 3.05) is 24.1 Å². The first-order valence-corrected chi connectivity index (χ1v) is 15.8. The number of nitrogens with two attached hydrogens (primary N) is 1. The molecule has 16 heteroatoms. The molecule has 0 saturated carbocycles. The van der Waals surface area contributed by atoms with Gasteiger partial charge in [-0.05, 0) is 49.4 Å². The van der Waals surface area contributed by atoms with Crippen LogP contribution in [0, 0.1) is 17.0 Å². The number of hydrogen-bond acceptors (Lipinski definition) is 10. The first-order chi connectivity index (χ1) is 18.1. The van der Waals surface area contributed by atoms with Crippen LogP contribution in [0.5, 0.6) is 0 Å². The van der Waals surface area contributed by atoms with E-state index in [0.29, 0.717) is 6.07 Å². The number of hydrogen-bond donors (Lipinski definition) is 3. The fraction of sp³-hybridized carbons (Fsp3) is 0.217. The number of nitrogens with zero attached hydrogens (tertiary/aromatic N) is 2. The summed E-state index contributed by atoms with van der Waals surface area (Å²) in [7, 11) is -13.2. The van der Waals surface area contributed by atoms with E-state index in [-0.39, 0.29) is 39.9 Å². The summed E-state index contributed by atoms with van der Waals surface area (Å²) in [6, 6.07) is 12.1. The van der Waals surface area contributed by atoms with E-state index >= 15 is 0 Å². The Morgan fingerprint density at radius 1 is 0.846 bits per heavy atom. The highest BCUT2D eigenvalue weighted by atomic mass is 32.3. The van der Waals surface area contributed by atoms with Crippen LogP contribution in [-0.2, 0) is 30.1 Å². The quantitative estimate of drug-likeness (QED) is 0.168. The predicted octanol–water partition coefficient (Wildman–Crippen LogP) is 2.93. The smallest absolute Gasteiger partial charge is 0.294 e. The van der Waals surface area contributed by atoms with E-state index < -0.39 is 45.6 Å². The number of rotatable bonds is 11. The average Bonchev–Trinajstić information content (AvgIpc) is 2.85. The molecule has 4 N–H and O–H groups in total. The van der Waals surface area contributed by atoms with E-state index in [1.54, 1.807) is 24.9 Å². The van der Waals surface area contributed by atoms with Gasteiger partial charge in [-0.2, -0.15) is 4.31 Å². The van der Waals surface area contributed by atoms with Gasteiger partial charge in [-0.25, -0.2) is 25.3 Å². The molecule has 3 rings (SSSR count). The number of sulfonamides is 3. The van der Waals surface area contributed by atoms with Crippen LogP contribution in [0.25, 0.3) is 0 Å². The van der Waals surface area contributed by atoms with Crippen LogP contribution < -0.4 is 15.2 Å².